The first-order chi connectivity index (χ1) is 14.8. The van der Waals surface area contributed by atoms with Crippen LogP contribution in [0.1, 0.15) is 55.4 Å². The average molecular weight is 484 g/mol. The third kappa shape index (κ3) is 6.81. The summed E-state index contributed by atoms with van der Waals surface area (Å²) < 4.78 is 15.9. The van der Waals surface area contributed by atoms with Crippen molar-refractivity contribution in [3.63, 3.8) is 0 Å². The summed E-state index contributed by atoms with van der Waals surface area (Å²) in [7, 11) is -2.16. The molecular formula is C22H37N3O7Si. The highest BCUT2D eigenvalue weighted by molar-refractivity contribution is 6.74. The highest BCUT2D eigenvalue weighted by Crippen LogP contribution is 2.39. The number of ketones is 1. The minimum absolute atomic E-state index is 0.0602. The van der Waals surface area contributed by atoms with Gasteiger partial charge in [-0.1, -0.05) is 27.7 Å². The van der Waals surface area contributed by atoms with E-state index < -0.39 is 67.9 Å². The lowest BCUT2D eigenvalue weighted by molar-refractivity contribution is -0.171. The van der Waals surface area contributed by atoms with E-state index in [1.165, 1.54) is 6.92 Å². The van der Waals surface area contributed by atoms with Crippen molar-refractivity contribution >= 4 is 37.7 Å². The van der Waals surface area contributed by atoms with Gasteiger partial charge in [0.1, 0.15) is 0 Å². The zero-order valence-corrected chi connectivity index (χ0v) is 22.3. The molecule has 0 aromatic rings. The summed E-state index contributed by atoms with van der Waals surface area (Å²) in [5.41, 5.74) is 7.61. The first kappa shape index (κ1) is 28.7. The number of rotatable bonds is 9. The van der Waals surface area contributed by atoms with Gasteiger partial charge in [0.2, 0.25) is 12.7 Å². The van der Waals surface area contributed by atoms with Crippen molar-refractivity contribution < 1.29 is 37.9 Å². The minimum atomic E-state index is -2.16. The molecule has 0 bridgehead atoms. The van der Waals surface area contributed by atoms with E-state index in [1.807, 2.05) is 0 Å². The van der Waals surface area contributed by atoms with Gasteiger partial charge in [-0.15, -0.1) is 0 Å². The zero-order valence-electron chi connectivity index (χ0n) is 21.3. The van der Waals surface area contributed by atoms with Crippen LogP contribution in [0.2, 0.25) is 18.1 Å². The van der Waals surface area contributed by atoms with Crippen LogP contribution in [0.4, 0.5) is 0 Å². The van der Waals surface area contributed by atoms with Crippen LogP contribution in [0, 0.1) is 17.3 Å². The lowest BCUT2D eigenvalue weighted by Crippen LogP contribution is -2.67. The molecule has 0 aromatic heterocycles. The fourth-order valence-electron chi connectivity index (χ4n) is 3.06. The van der Waals surface area contributed by atoms with Gasteiger partial charge in [-0.3, -0.25) is 14.4 Å². The summed E-state index contributed by atoms with van der Waals surface area (Å²) in [5, 5.41) is 2.63. The number of nitrogens with one attached hydrogen (secondary N) is 1. The Balaban J connectivity index is 2.84. The molecule has 1 amide bonds. The summed E-state index contributed by atoms with van der Waals surface area (Å²) in [6, 6.07) is -0.604. The van der Waals surface area contributed by atoms with Crippen molar-refractivity contribution in [3.05, 3.63) is 5.53 Å². The second-order valence-electron chi connectivity index (χ2n) is 11.0. The van der Waals surface area contributed by atoms with Gasteiger partial charge in [-0.05, 0) is 45.8 Å². The van der Waals surface area contributed by atoms with Crippen LogP contribution in [0.5, 0.6) is 0 Å². The quantitative estimate of drug-likeness (QED) is 0.0775. The standard InChI is InChI=1S/C22H37N3O7Si/c1-12(15-14(18(27)24-15)13(2)32-33(9,10)22(6,7)8)17(26)16(25-23)19(28)30-11-31-20(29)21(3,4)5/h12-15H,11H2,1-10H3,(H,24,27)/t12-,13-,14-,15+/m1/s1. The molecule has 186 valence electrons. The van der Waals surface area contributed by atoms with Crippen LogP contribution in [-0.4, -0.2) is 61.4 Å². The number of ether oxygens (including phenoxy) is 2. The maximum atomic E-state index is 12.8. The molecule has 1 fully saturated rings. The van der Waals surface area contributed by atoms with Gasteiger partial charge in [0.15, 0.2) is 8.32 Å². The predicted molar refractivity (Wildman–Crippen MR) is 122 cm³/mol. The molecule has 11 heteroatoms. The largest absolute Gasteiger partial charge is 0.441 e. The normalized spacial score (nSPS) is 20.5. The Bertz CT molecular complexity index is 851. The lowest BCUT2D eigenvalue weighted by atomic mass is 9.76. The topological polar surface area (TPSA) is 144 Å². The fraction of sp³-hybridized carbons (Fsp3) is 0.773. The molecule has 0 spiro atoms. The molecular weight excluding hydrogens is 446 g/mol. The van der Waals surface area contributed by atoms with Crippen LogP contribution in [0.15, 0.2) is 0 Å². The molecule has 1 saturated heterocycles. The number of amides is 1. The summed E-state index contributed by atoms with van der Waals surface area (Å²) >= 11 is 0. The van der Waals surface area contributed by atoms with E-state index in [2.05, 4.69) is 44.0 Å². The number of Topliss-reactive ketones (excluding diaryl/α,β-unsaturated/α-hetero) is 1. The van der Waals surface area contributed by atoms with E-state index in [9.17, 15) is 24.7 Å². The highest BCUT2D eigenvalue weighted by Gasteiger charge is 2.52. The first-order valence-electron chi connectivity index (χ1n) is 10.9. The van der Waals surface area contributed by atoms with Crippen LogP contribution < -0.4 is 5.32 Å². The molecule has 1 heterocycles. The predicted octanol–water partition coefficient (Wildman–Crippen LogP) is 2.48. The molecule has 0 aromatic carbocycles. The summed E-state index contributed by atoms with van der Waals surface area (Å²) in [5.74, 6) is -4.36. The molecule has 1 rings (SSSR count). The number of nitrogens with zero attached hydrogens (tertiary/aromatic N) is 2. The van der Waals surface area contributed by atoms with Gasteiger partial charge >= 0.3 is 17.7 Å². The maximum Gasteiger partial charge on any atom is 0.441 e. The number of carbonyl (C=O) groups is 4. The Hall–Kier alpha value is -2.36. The number of hydrogen-bond donors (Lipinski definition) is 1. The summed E-state index contributed by atoms with van der Waals surface area (Å²) in [4.78, 5) is 51.9. The van der Waals surface area contributed by atoms with Crippen LogP contribution in [0.25, 0.3) is 5.53 Å². The summed E-state index contributed by atoms with van der Waals surface area (Å²) in [6.45, 7) is 17.9. The Morgan fingerprint density at radius 3 is 2.06 bits per heavy atom. The zero-order chi connectivity index (χ0) is 25.9. The number of hydrogen-bond acceptors (Lipinski definition) is 7. The Kier molecular flexibility index (Phi) is 8.93. The molecule has 0 unspecified atom stereocenters. The van der Waals surface area contributed by atoms with Gasteiger partial charge in [0.25, 0.3) is 5.78 Å². The molecule has 0 saturated carbocycles. The van der Waals surface area contributed by atoms with Gasteiger partial charge in [0.05, 0.1) is 23.5 Å². The Labute approximate surface area is 196 Å². The lowest BCUT2D eigenvalue weighted by Gasteiger charge is -2.46. The van der Waals surface area contributed by atoms with E-state index >= 15 is 0 Å². The van der Waals surface area contributed by atoms with Crippen molar-refractivity contribution in [1.29, 1.82) is 0 Å². The first-order valence-corrected chi connectivity index (χ1v) is 13.8. The monoisotopic (exact) mass is 483 g/mol. The maximum absolute atomic E-state index is 12.8. The van der Waals surface area contributed by atoms with Crippen molar-refractivity contribution in [1.82, 2.24) is 5.32 Å². The van der Waals surface area contributed by atoms with Crippen molar-refractivity contribution in [3.8, 4) is 0 Å². The van der Waals surface area contributed by atoms with E-state index in [4.69, 9.17) is 13.9 Å². The molecule has 1 aliphatic heterocycles. The Morgan fingerprint density at radius 1 is 1.09 bits per heavy atom. The SMILES string of the molecule is C[C@@H](O[Si](C)(C)C(C)(C)C)[C@H]1C(=O)N[C@H]1[C@@H](C)C(=O)C(=[N+]=[N-])C(=O)OCOC(=O)C(C)(C)C. The average Bonchev–Trinajstić information content (AvgIpc) is 2.63. The molecule has 1 N–H and O–H groups in total. The van der Waals surface area contributed by atoms with Gasteiger partial charge < -0.3 is 24.7 Å². The van der Waals surface area contributed by atoms with E-state index in [0.717, 1.165) is 0 Å². The van der Waals surface area contributed by atoms with Crippen LogP contribution in [0.3, 0.4) is 0 Å². The van der Waals surface area contributed by atoms with E-state index in [0.29, 0.717) is 0 Å². The molecule has 10 nitrogen and oxygen atoms in total. The second kappa shape index (κ2) is 10.3. The molecule has 33 heavy (non-hydrogen) atoms. The third-order valence-corrected chi connectivity index (χ3v) is 10.8. The van der Waals surface area contributed by atoms with Gasteiger partial charge in [0, 0.05) is 5.92 Å². The van der Waals surface area contributed by atoms with E-state index in [1.54, 1.807) is 27.7 Å². The van der Waals surface area contributed by atoms with Gasteiger partial charge in [-0.2, -0.15) is 4.79 Å². The number of carbonyl (C=O) groups excluding carboxylic acids is 4. The Morgan fingerprint density at radius 2 is 1.64 bits per heavy atom. The molecule has 4 atom stereocenters. The smallest absolute Gasteiger partial charge is 0.427 e. The number of esters is 2. The summed E-state index contributed by atoms with van der Waals surface area (Å²) in [6.07, 6.45) is -0.446. The van der Waals surface area contributed by atoms with Crippen molar-refractivity contribution in [2.24, 2.45) is 17.3 Å². The van der Waals surface area contributed by atoms with Crippen LogP contribution >= 0.6 is 0 Å². The van der Waals surface area contributed by atoms with Gasteiger partial charge in [-0.25, -0.2) is 4.79 Å². The highest BCUT2D eigenvalue weighted by atomic mass is 28.4. The van der Waals surface area contributed by atoms with Crippen molar-refractivity contribution in [2.45, 2.75) is 85.7 Å². The minimum Gasteiger partial charge on any atom is -0.427 e. The van der Waals surface area contributed by atoms with Crippen LogP contribution in [-0.2, 0) is 33.1 Å². The molecule has 0 aliphatic carbocycles. The van der Waals surface area contributed by atoms with E-state index in [-0.39, 0.29) is 10.9 Å². The molecule has 1 aliphatic rings. The molecule has 0 radical (unpaired) electrons. The second-order valence-corrected chi connectivity index (χ2v) is 15.7. The van der Waals surface area contributed by atoms with Crippen molar-refractivity contribution in [2.75, 3.05) is 6.79 Å². The fourth-order valence-corrected chi connectivity index (χ4v) is 4.49. The third-order valence-electron chi connectivity index (χ3n) is 6.26. The number of β-lactam (4-membered cyclic amide) rings is 1.